The molecule has 0 fully saturated rings. The Morgan fingerprint density at radius 3 is 1.56 bits per heavy atom. The largest absolute Gasteiger partial charge is 0.295 e. The van der Waals surface area contributed by atoms with E-state index in [9.17, 15) is 4.79 Å². The molecule has 0 rings (SSSR count). The van der Waals surface area contributed by atoms with Crippen molar-refractivity contribution in [3.05, 3.63) is 24.8 Å². The minimum absolute atomic E-state index is 0.125. The van der Waals surface area contributed by atoms with Crippen LogP contribution in [0.3, 0.4) is 0 Å². The smallest absolute Gasteiger partial charge is 0.152 e. The average Bonchev–Trinajstić information content (AvgIpc) is 1.68. The molecule has 0 aromatic rings. The Balaban J connectivity index is 0. The summed E-state index contributed by atoms with van der Waals surface area (Å²) in [5.74, 6) is 0.125. The van der Waals surface area contributed by atoms with E-state index in [0.29, 0.717) is 0 Å². The van der Waals surface area contributed by atoms with Gasteiger partial charge < -0.3 is 0 Å². The molecule has 0 unspecified atom stereocenters. The first-order valence-electron chi connectivity index (χ1n) is 2.78. The van der Waals surface area contributed by atoms with Crippen molar-refractivity contribution in [1.82, 2.24) is 0 Å². The molecule has 9 heavy (non-hydrogen) atoms. The number of hydrogen-bond donors (Lipinski definition) is 0. The van der Waals surface area contributed by atoms with E-state index in [0.717, 1.165) is 5.57 Å². The molecule has 0 atom stereocenters. The quantitative estimate of drug-likeness (QED) is 0.389. The monoisotopic (exact) mass is 126 g/mol. The molecule has 1 heteroatoms. The Morgan fingerprint density at radius 1 is 1.22 bits per heavy atom. The van der Waals surface area contributed by atoms with Crippen LogP contribution in [-0.4, -0.2) is 5.78 Å². The molecule has 0 amide bonds. The molecule has 0 aromatic carbocycles. The van der Waals surface area contributed by atoms with E-state index < -0.39 is 0 Å². The van der Waals surface area contributed by atoms with Crippen LogP contribution < -0.4 is 0 Å². The lowest BCUT2D eigenvalue weighted by molar-refractivity contribution is -0.112. The molecule has 52 valence electrons. The molecule has 0 saturated carbocycles. The summed E-state index contributed by atoms with van der Waals surface area (Å²) in [7, 11) is 0. The fourth-order valence-electron chi connectivity index (χ4n) is 0.407. The van der Waals surface area contributed by atoms with Gasteiger partial charge in [-0.3, -0.25) is 4.79 Å². The summed E-state index contributed by atoms with van der Waals surface area (Å²) >= 11 is 0. The van der Waals surface area contributed by atoms with Gasteiger partial charge in [-0.05, 0) is 26.8 Å². The van der Waals surface area contributed by atoms with Gasteiger partial charge >= 0.3 is 0 Å². The molecule has 0 aromatic heterocycles. The lowest BCUT2D eigenvalue weighted by Gasteiger charge is -1.80. The van der Waals surface area contributed by atoms with Gasteiger partial charge in [0.05, 0.1) is 0 Å². The summed E-state index contributed by atoms with van der Waals surface area (Å²) in [4.78, 5) is 10.2. The minimum Gasteiger partial charge on any atom is -0.295 e. The molecule has 0 N–H and O–H groups in total. The molecule has 0 aliphatic carbocycles. The third kappa shape index (κ3) is 19.1. The standard InChI is InChI=1S/C6H10O.C2H4/c1-5(2)4-6(3)7;1-2/h4H,1-3H3;1-2H2. The third-order valence-corrected chi connectivity index (χ3v) is 0.492. The first-order chi connectivity index (χ1) is 4.13. The van der Waals surface area contributed by atoms with E-state index in [1.807, 2.05) is 13.8 Å². The summed E-state index contributed by atoms with van der Waals surface area (Å²) in [5.41, 5.74) is 1.06. The fraction of sp³-hybridized carbons (Fsp3) is 0.375. The second-order valence-electron chi connectivity index (χ2n) is 1.83. The zero-order valence-electron chi connectivity index (χ0n) is 6.40. The number of ketones is 1. The topological polar surface area (TPSA) is 17.1 Å². The van der Waals surface area contributed by atoms with Crippen LogP contribution in [0.1, 0.15) is 20.8 Å². The first-order valence-corrected chi connectivity index (χ1v) is 2.78. The average molecular weight is 126 g/mol. The van der Waals surface area contributed by atoms with E-state index >= 15 is 0 Å². The van der Waals surface area contributed by atoms with E-state index in [1.165, 1.54) is 0 Å². The van der Waals surface area contributed by atoms with Crippen LogP contribution in [-0.2, 0) is 4.79 Å². The van der Waals surface area contributed by atoms with Gasteiger partial charge in [0, 0.05) is 0 Å². The highest BCUT2D eigenvalue weighted by atomic mass is 16.1. The van der Waals surface area contributed by atoms with Crippen LogP contribution in [0, 0.1) is 0 Å². The van der Waals surface area contributed by atoms with E-state index in [2.05, 4.69) is 13.2 Å². The number of carbonyl (C=O) groups is 1. The van der Waals surface area contributed by atoms with Crippen molar-refractivity contribution < 1.29 is 4.79 Å². The van der Waals surface area contributed by atoms with Gasteiger partial charge in [-0.2, -0.15) is 0 Å². The number of allylic oxidation sites excluding steroid dienone is 2. The van der Waals surface area contributed by atoms with Crippen LogP contribution in [0.5, 0.6) is 0 Å². The van der Waals surface area contributed by atoms with Gasteiger partial charge in [0.15, 0.2) is 5.78 Å². The number of rotatable bonds is 1. The molecule has 0 heterocycles. The zero-order valence-corrected chi connectivity index (χ0v) is 6.40. The van der Waals surface area contributed by atoms with Gasteiger partial charge in [-0.15, -0.1) is 13.2 Å². The number of hydrogen-bond acceptors (Lipinski definition) is 1. The zero-order chi connectivity index (χ0) is 7.86. The molecule has 0 bridgehead atoms. The highest BCUT2D eigenvalue weighted by Gasteiger charge is 1.80. The van der Waals surface area contributed by atoms with Crippen molar-refractivity contribution in [2.45, 2.75) is 20.8 Å². The minimum atomic E-state index is 0.125. The lowest BCUT2D eigenvalue weighted by Crippen LogP contribution is -1.80. The van der Waals surface area contributed by atoms with Gasteiger partial charge in [-0.1, -0.05) is 5.57 Å². The maximum Gasteiger partial charge on any atom is 0.152 e. The maximum absolute atomic E-state index is 10.2. The normalized spacial score (nSPS) is 6.56. The Bertz CT molecular complexity index is 108. The highest BCUT2D eigenvalue weighted by Crippen LogP contribution is 1.86. The summed E-state index contributed by atoms with van der Waals surface area (Å²) in [6.07, 6.45) is 1.61. The second-order valence-corrected chi connectivity index (χ2v) is 1.83. The molecular weight excluding hydrogens is 112 g/mol. The van der Waals surface area contributed by atoms with Crippen LogP contribution in [0.15, 0.2) is 24.8 Å². The molecule has 0 aliphatic rings. The van der Waals surface area contributed by atoms with E-state index in [4.69, 9.17) is 0 Å². The third-order valence-electron chi connectivity index (χ3n) is 0.492. The van der Waals surface area contributed by atoms with Gasteiger partial charge in [0.1, 0.15) is 0 Å². The predicted molar refractivity (Wildman–Crippen MR) is 41.4 cm³/mol. The van der Waals surface area contributed by atoms with Crippen molar-refractivity contribution >= 4 is 5.78 Å². The molecule has 0 spiro atoms. The summed E-state index contributed by atoms with van der Waals surface area (Å²) in [6, 6.07) is 0. The van der Waals surface area contributed by atoms with E-state index in [1.54, 1.807) is 13.0 Å². The van der Waals surface area contributed by atoms with Gasteiger partial charge in [0.25, 0.3) is 0 Å². The summed E-state index contributed by atoms with van der Waals surface area (Å²) < 4.78 is 0. The van der Waals surface area contributed by atoms with Crippen molar-refractivity contribution in [2.75, 3.05) is 0 Å². The predicted octanol–water partition coefficient (Wildman–Crippen LogP) is 2.34. The maximum atomic E-state index is 10.2. The number of carbonyl (C=O) groups excluding carboxylic acids is 1. The lowest BCUT2D eigenvalue weighted by atomic mass is 10.3. The van der Waals surface area contributed by atoms with E-state index in [-0.39, 0.29) is 5.78 Å². The Kier molecular flexibility index (Phi) is 8.75. The Labute approximate surface area is 57.1 Å². The first kappa shape index (κ1) is 11.0. The van der Waals surface area contributed by atoms with Crippen molar-refractivity contribution in [1.29, 1.82) is 0 Å². The van der Waals surface area contributed by atoms with Gasteiger partial charge in [0.2, 0.25) is 0 Å². The van der Waals surface area contributed by atoms with Crippen molar-refractivity contribution in [2.24, 2.45) is 0 Å². The second kappa shape index (κ2) is 7.15. The molecule has 1 nitrogen and oxygen atoms in total. The van der Waals surface area contributed by atoms with Gasteiger partial charge in [-0.25, -0.2) is 0 Å². The Morgan fingerprint density at radius 2 is 1.56 bits per heavy atom. The fourth-order valence-corrected chi connectivity index (χ4v) is 0.407. The SMILES string of the molecule is C=C.CC(=O)C=C(C)C. The van der Waals surface area contributed by atoms with Crippen LogP contribution in [0.4, 0.5) is 0 Å². The molecule has 0 aliphatic heterocycles. The summed E-state index contributed by atoms with van der Waals surface area (Å²) in [5, 5.41) is 0. The molecular formula is C8H14O. The Hall–Kier alpha value is -0.850. The summed E-state index contributed by atoms with van der Waals surface area (Å²) in [6.45, 7) is 11.4. The molecule has 0 saturated heterocycles. The van der Waals surface area contributed by atoms with Crippen LogP contribution in [0.25, 0.3) is 0 Å². The highest BCUT2D eigenvalue weighted by molar-refractivity contribution is 5.87. The van der Waals surface area contributed by atoms with Crippen LogP contribution in [0.2, 0.25) is 0 Å². The van der Waals surface area contributed by atoms with Crippen LogP contribution >= 0.6 is 0 Å². The van der Waals surface area contributed by atoms with Crippen molar-refractivity contribution in [3.63, 3.8) is 0 Å². The molecule has 0 radical (unpaired) electrons. The van der Waals surface area contributed by atoms with Crippen molar-refractivity contribution in [3.8, 4) is 0 Å².